The van der Waals surface area contributed by atoms with Gasteiger partial charge >= 0.3 is 0 Å². The Kier molecular flexibility index (Phi) is 5.00. The number of hydrogen-bond donors (Lipinski definition) is 0. The number of hydrogen-bond acceptors (Lipinski definition) is 8. The van der Waals surface area contributed by atoms with E-state index in [4.69, 9.17) is 14.0 Å². The van der Waals surface area contributed by atoms with Crippen molar-refractivity contribution in [2.45, 2.75) is 18.9 Å². The van der Waals surface area contributed by atoms with Gasteiger partial charge in [-0.3, -0.25) is 4.90 Å². The highest BCUT2D eigenvalue weighted by molar-refractivity contribution is 5.69. The number of ether oxygens (including phenoxy) is 2. The van der Waals surface area contributed by atoms with Gasteiger partial charge in [-0.25, -0.2) is 4.98 Å². The number of methoxy groups -OCH3 is 2. The monoisotopic (exact) mass is 407 g/mol. The number of anilines is 1. The largest absolute Gasteiger partial charge is 0.493 e. The van der Waals surface area contributed by atoms with Gasteiger partial charge < -0.3 is 18.9 Å². The van der Waals surface area contributed by atoms with Crippen LogP contribution in [0.3, 0.4) is 0 Å². The van der Waals surface area contributed by atoms with E-state index in [0.29, 0.717) is 34.8 Å². The fourth-order valence-electron chi connectivity index (χ4n) is 4.41. The minimum absolute atomic E-state index is 0.425. The summed E-state index contributed by atoms with van der Waals surface area (Å²) in [6.45, 7) is 4.42. The van der Waals surface area contributed by atoms with Crippen LogP contribution in [0.4, 0.5) is 5.82 Å². The number of aromatic nitrogens is 3. The zero-order valence-electron chi connectivity index (χ0n) is 17.2. The second-order valence-electron chi connectivity index (χ2n) is 7.65. The predicted octanol–water partition coefficient (Wildman–Crippen LogP) is 3.10. The number of pyridine rings is 1. The number of nitrogens with zero attached hydrogens (tertiary/aromatic N) is 5. The molecule has 0 bridgehead atoms. The zero-order valence-corrected chi connectivity index (χ0v) is 17.2. The molecule has 2 aromatic heterocycles. The molecule has 1 aromatic carbocycles. The zero-order chi connectivity index (χ0) is 20.5. The van der Waals surface area contributed by atoms with Crippen molar-refractivity contribution in [2.24, 2.45) is 0 Å². The first-order valence-corrected chi connectivity index (χ1v) is 10.3. The van der Waals surface area contributed by atoms with E-state index in [1.54, 1.807) is 20.4 Å². The van der Waals surface area contributed by atoms with E-state index < -0.39 is 0 Å². The lowest BCUT2D eigenvalue weighted by Crippen LogP contribution is -2.50. The van der Waals surface area contributed by atoms with Crippen molar-refractivity contribution in [2.75, 3.05) is 45.3 Å². The third kappa shape index (κ3) is 3.37. The molecule has 0 radical (unpaired) electrons. The van der Waals surface area contributed by atoms with Crippen LogP contribution in [-0.2, 0) is 0 Å². The Hall–Kier alpha value is -3.13. The molecule has 8 heteroatoms. The standard InChI is InChI=1S/C22H25N5O3/c1-28-18-7-3-6-17(20(18)29-2)21-24-22(30-25-21)15-8-9-19(23-13-15)27-12-11-26-10-4-5-16(26)14-27/h3,6-9,13,16H,4-5,10-12,14H2,1-2H3/t16-/m0/s1. The first-order chi connectivity index (χ1) is 14.8. The Morgan fingerprint density at radius 2 is 2.00 bits per heavy atom. The summed E-state index contributed by atoms with van der Waals surface area (Å²) in [6, 6.07) is 10.3. The van der Waals surface area contributed by atoms with Crippen molar-refractivity contribution in [1.82, 2.24) is 20.0 Å². The van der Waals surface area contributed by atoms with E-state index in [1.165, 1.54) is 19.4 Å². The Balaban J connectivity index is 1.36. The molecule has 0 saturated carbocycles. The molecule has 0 amide bonds. The lowest BCUT2D eigenvalue weighted by molar-refractivity contribution is 0.230. The average molecular weight is 407 g/mol. The van der Waals surface area contributed by atoms with Gasteiger partial charge in [0.15, 0.2) is 11.5 Å². The summed E-state index contributed by atoms with van der Waals surface area (Å²) in [4.78, 5) is 14.2. The molecule has 0 spiro atoms. The molecule has 2 fully saturated rings. The number of piperazine rings is 1. The van der Waals surface area contributed by atoms with Crippen LogP contribution in [0.2, 0.25) is 0 Å². The molecule has 8 nitrogen and oxygen atoms in total. The maximum atomic E-state index is 5.50. The van der Waals surface area contributed by atoms with E-state index in [1.807, 2.05) is 30.3 Å². The molecular weight excluding hydrogens is 382 g/mol. The Labute approximate surface area is 175 Å². The van der Waals surface area contributed by atoms with Crippen molar-refractivity contribution in [3.05, 3.63) is 36.5 Å². The van der Waals surface area contributed by atoms with Gasteiger partial charge in [0.1, 0.15) is 5.82 Å². The molecule has 5 rings (SSSR count). The van der Waals surface area contributed by atoms with Crippen molar-refractivity contribution in [3.63, 3.8) is 0 Å². The summed E-state index contributed by atoms with van der Waals surface area (Å²) in [5.41, 5.74) is 1.50. The summed E-state index contributed by atoms with van der Waals surface area (Å²) in [5, 5.41) is 4.13. The van der Waals surface area contributed by atoms with Gasteiger partial charge in [-0.15, -0.1) is 0 Å². The smallest absolute Gasteiger partial charge is 0.259 e. The SMILES string of the molecule is COc1cccc(-c2noc(-c3ccc(N4CCN5CCC[C@H]5C4)nc3)n2)c1OC. The average Bonchev–Trinajstić information content (AvgIpc) is 3.48. The van der Waals surface area contributed by atoms with Gasteiger partial charge in [0.05, 0.1) is 25.3 Å². The lowest BCUT2D eigenvalue weighted by Gasteiger charge is -2.38. The summed E-state index contributed by atoms with van der Waals surface area (Å²) in [5.74, 6) is 3.07. The van der Waals surface area contributed by atoms with Gasteiger partial charge in [-0.1, -0.05) is 11.2 Å². The molecule has 0 unspecified atom stereocenters. The molecule has 2 saturated heterocycles. The van der Waals surface area contributed by atoms with Crippen LogP contribution in [0.25, 0.3) is 22.8 Å². The third-order valence-electron chi connectivity index (χ3n) is 5.98. The molecular formula is C22H25N5O3. The summed E-state index contributed by atoms with van der Waals surface area (Å²) in [7, 11) is 3.19. The molecule has 0 N–H and O–H groups in total. The van der Waals surface area contributed by atoms with Gasteiger partial charge in [0.2, 0.25) is 5.82 Å². The van der Waals surface area contributed by atoms with Crippen LogP contribution in [0, 0.1) is 0 Å². The molecule has 30 heavy (non-hydrogen) atoms. The Morgan fingerprint density at radius 1 is 1.07 bits per heavy atom. The van der Waals surface area contributed by atoms with E-state index in [9.17, 15) is 0 Å². The van der Waals surface area contributed by atoms with Crippen LogP contribution < -0.4 is 14.4 Å². The van der Waals surface area contributed by atoms with Crippen LogP contribution >= 0.6 is 0 Å². The van der Waals surface area contributed by atoms with E-state index in [2.05, 4.69) is 24.9 Å². The van der Waals surface area contributed by atoms with Crippen LogP contribution in [0.1, 0.15) is 12.8 Å². The molecule has 156 valence electrons. The molecule has 3 aromatic rings. The molecule has 2 aliphatic rings. The van der Waals surface area contributed by atoms with E-state index >= 15 is 0 Å². The highest BCUT2D eigenvalue weighted by Crippen LogP contribution is 2.37. The number of rotatable bonds is 5. The first kappa shape index (κ1) is 18.9. The first-order valence-electron chi connectivity index (χ1n) is 10.3. The summed E-state index contributed by atoms with van der Waals surface area (Å²) < 4.78 is 16.3. The van der Waals surface area contributed by atoms with Crippen molar-refractivity contribution >= 4 is 5.82 Å². The molecule has 2 aliphatic heterocycles. The van der Waals surface area contributed by atoms with Crippen molar-refractivity contribution in [1.29, 1.82) is 0 Å². The maximum absolute atomic E-state index is 5.50. The van der Waals surface area contributed by atoms with E-state index in [0.717, 1.165) is 31.0 Å². The fraction of sp³-hybridized carbons (Fsp3) is 0.409. The van der Waals surface area contributed by atoms with Crippen LogP contribution in [0.15, 0.2) is 41.1 Å². The Morgan fingerprint density at radius 3 is 2.80 bits per heavy atom. The second kappa shape index (κ2) is 7.95. The maximum Gasteiger partial charge on any atom is 0.259 e. The molecule has 1 atom stereocenters. The Bertz CT molecular complexity index is 1020. The van der Waals surface area contributed by atoms with E-state index in [-0.39, 0.29) is 0 Å². The number of benzene rings is 1. The fourth-order valence-corrected chi connectivity index (χ4v) is 4.41. The van der Waals surface area contributed by atoms with Gasteiger partial charge in [0.25, 0.3) is 5.89 Å². The highest BCUT2D eigenvalue weighted by atomic mass is 16.5. The lowest BCUT2D eigenvalue weighted by atomic mass is 10.1. The molecule has 0 aliphatic carbocycles. The molecule has 4 heterocycles. The van der Waals surface area contributed by atoms with Gasteiger partial charge in [-0.05, 0) is 43.7 Å². The van der Waals surface area contributed by atoms with Gasteiger partial charge in [-0.2, -0.15) is 4.98 Å². The third-order valence-corrected chi connectivity index (χ3v) is 5.98. The predicted molar refractivity (Wildman–Crippen MR) is 113 cm³/mol. The minimum Gasteiger partial charge on any atom is -0.493 e. The minimum atomic E-state index is 0.425. The highest BCUT2D eigenvalue weighted by Gasteiger charge is 2.31. The van der Waals surface area contributed by atoms with Crippen LogP contribution in [-0.4, -0.2) is 66.5 Å². The quantitative estimate of drug-likeness (QED) is 0.639. The summed E-state index contributed by atoms with van der Waals surface area (Å²) >= 11 is 0. The topological polar surface area (TPSA) is 76.8 Å². The van der Waals surface area contributed by atoms with Crippen molar-refractivity contribution in [3.8, 4) is 34.3 Å². The van der Waals surface area contributed by atoms with Gasteiger partial charge in [0, 0.05) is 31.9 Å². The number of fused-ring (bicyclic) bond motifs is 1. The normalized spacial score (nSPS) is 19.0. The summed E-state index contributed by atoms with van der Waals surface area (Å²) in [6.07, 6.45) is 4.39. The second-order valence-corrected chi connectivity index (χ2v) is 7.65. The number of para-hydroxylation sites is 1. The van der Waals surface area contributed by atoms with Crippen LogP contribution in [0.5, 0.6) is 11.5 Å². The van der Waals surface area contributed by atoms with Crippen molar-refractivity contribution < 1.29 is 14.0 Å².